The predicted molar refractivity (Wildman–Crippen MR) is 242 cm³/mol. The monoisotopic (exact) mass is 743 g/mol. The maximum Gasteiger partial charge on any atom is 0.143 e. The molecule has 0 bridgehead atoms. The summed E-state index contributed by atoms with van der Waals surface area (Å²) >= 11 is 0. The molecular formula is C55H37NO2. The van der Waals surface area contributed by atoms with Gasteiger partial charge in [-0.15, -0.1) is 0 Å². The Labute approximate surface area is 336 Å². The van der Waals surface area contributed by atoms with Gasteiger partial charge in [0.2, 0.25) is 0 Å². The molecule has 1 aliphatic carbocycles. The molecule has 0 N–H and O–H groups in total. The predicted octanol–water partition coefficient (Wildman–Crippen LogP) is 15.7. The number of furan rings is 2. The zero-order chi connectivity index (χ0) is 38.5. The molecular weight excluding hydrogens is 707 g/mol. The molecule has 12 rings (SSSR count). The molecule has 2 heterocycles. The van der Waals surface area contributed by atoms with Gasteiger partial charge in [-0.05, 0) is 104 Å². The molecule has 3 heteroatoms. The van der Waals surface area contributed by atoms with Crippen molar-refractivity contribution in [1.82, 2.24) is 0 Å². The van der Waals surface area contributed by atoms with Crippen LogP contribution in [-0.4, -0.2) is 0 Å². The standard InChI is InChI=1S/C55H37NO2/c1-55(2)47-20-10-8-17-41(47)42-29-27-38(32-48(42)55)56(37-25-23-35(24-26-37)34-13-4-3-5-14-34)39-28-30-45-51(33-39)58-54-46(31-36-15-6-7-16-40(36)53(45)54)43-19-12-22-50-52(43)44-18-9-11-21-49(44)57-50/h3-33H,1-2H3. The molecule has 0 atom stereocenters. The van der Waals surface area contributed by atoms with E-state index >= 15 is 0 Å². The summed E-state index contributed by atoms with van der Waals surface area (Å²) in [6.07, 6.45) is 0. The summed E-state index contributed by atoms with van der Waals surface area (Å²) in [5.41, 5.74) is 16.4. The van der Waals surface area contributed by atoms with Gasteiger partial charge in [-0.2, -0.15) is 0 Å². The highest BCUT2D eigenvalue weighted by molar-refractivity contribution is 6.25. The van der Waals surface area contributed by atoms with Gasteiger partial charge in [-0.25, -0.2) is 0 Å². The minimum atomic E-state index is -0.131. The van der Waals surface area contributed by atoms with E-state index in [9.17, 15) is 0 Å². The van der Waals surface area contributed by atoms with Crippen LogP contribution in [0.25, 0.3) is 88.0 Å². The summed E-state index contributed by atoms with van der Waals surface area (Å²) in [7, 11) is 0. The van der Waals surface area contributed by atoms with Crippen molar-refractivity contribution < 1.29 is 8.83 Å². The number of benzene rings is 9. The molecule has 2 aromatic heterocycles. The summed E-state index contributed by atoms with van der Waals surface area (Å²) in [5.74, 6) is 0. The maximum absolute atomic E-state index is 7.12. The Bertz CT molecular complexity index is 3420. The molecule has 0 amide bonds. The largest absolute Gasteiger partial charge is 0.456 e. The second kappa shape index (κ2) is 12.3. The first-order valence-corrected chi connectivity index (χ1v) is 20.0. The molecule has 1 aliphatic rings. The Kier molecular flexibility index (Phi) is 6.98. The summed E-state index contributed by atoms with van der Waals surface area (Å²) in [6, 6.07) is 67.6. The summed E-state index contributed by atoms with van der Waals surface area (Å²) in [5, 5.41) is 6.75. The first kappa shape index (κ1) is 32.8. The van der Waals surface area contributed by atoms with Crippen molar-refractivity contribution >= 4 is 71.7 Å². The number of hydrogen-bond donors (Lipinski definition) is 0. The van der Waals surface area contributed by atoms with Crippen molar-refractivity contribution in [2.45, 2.75) is 19.3 Å². The number of anilines is 3. The van der Waals surface area contributed by atoms with Crippen LogP contribution in [0.5, 0.6) is 0 Å². The van der Waals surface area contributed by atoms with Gasteiger partial charge in [0.05, 0.1) is 0 Å². The average molecular weight is 744 g/mol. The smallest absolute Gasteiger partial charge is 0.143 e. The number of para-hydroxylation sites is 1. The minimum absolute atomic E-state index is 0.131. The van der Waals surface area contributed by atoms with Gasteiger partial charge in [-0.1, -0.05) is 141 Å². The van der Waals surface area contributed by atoms with Gasteiger partial charge in [0.1, 0.15) is 22.3 Å². The van der Waals surface area contributed by atoms with Crippen molar-refractivity contribution in [3.8, 4) is 33.4 Å². The molecule has 0 fully saturated rings. The fraction of sp³-hybridized carbons (Fsp3) is 0.0545. The zero-order valence-corrected chi connectivity index (χ0v) is 32.2. The first-order valence-electron chi connectivity index (χ1n) is 20.0. The van der Waals surface area contributed by atoms with E-state index < -0.39 is 0 Å². The number of nitrogens with zero attached hydrogens (tertiary/aromatic N) is 1. The van der Waals surface area contributed by atoms with Crippen LogP contribution in [0.2, 0.25) is 0 Å². The highest BCUT2D eigenvalue weighted by Gasteiger charge is 2.36. The second-order valence-corrected chi connectivity index (χ2v) is 16.1. The molecule has 58 heavy (non-hydrogen) atoms. The van der Waals surface area contributed by atoms with E-state index in [1.165, 1.54) is 44.2 Å². The molecule has 0 spiro atoms. The van der Waals surface area contributed by atoms with Crippen molar-refractivity contribution in [2.75, 3.05) is 4.90 Å². The lowest BCUT2D eigenvalue weighted by Crippen LogP contribution is -2.16. The SMILES string of the molecule is CC1(C)c2ccccc2-c2ccc(N(c3ccc(-c4ccccc4)cc3)c3ccc4c(c3)oc3c(-c5cccc6oc7ccccc7c56)cc5ccccc5c34)cc21. The van der Waals surface area contributed by atoms with Crippen LogP contribution in [0.3, 0.4) is 0 Å². The molecule has 9 aromatic carbocycles. The summed E-state index contributed by atoms with van der Waals surface area (Å²) in [6.45, 7) is 4.69. The third-order valence-corrected chi connectivity index (χ3v) is 12.5. The molecule has 0 unspecified atom stereocenters. The quantitative estimate of drug-likeness (QED) is 0.176. The lowest BCUT2D eigenvalue weighted by Gasteiger charge is -2.28. The second-order valence-electron chi connectivity index (χ2n) is 16.1. The van der Waals surface area contributed by atoms with E-state index in [1.807, 2.05) is 12.1 Å². The normalized spacial score (nSPS) is 13.1. The van der Waals surface area contributed by atoms with Crippen LogP contribution in [0, 0.1) is 0 Å². The lowest BCUT2D eigenvalue weighted by atomic mass is 9.82. The number of rotatable bonds is 5. The number of hydrogen-bond acceptors (Lipinski definition) is 3. The minimum Gasteiger partial charge on any atom is -0.456 e. The van der Waals surface area contributed by atoms with Crippen LogP contribution >= 0.6 is 0 Å². The van der Waals surface area contributed by atoms with Gasteiger partial charge in [0.25, 0.3) is 0 Å². The molecule has 0 saturated heterocycles. The Balaban J connectivity index is 1.08. The van der Waals surface area contributed by atoms with Gasteiger partial charge in [-0.3, -0.25) is 0 Å². The van der Waals surface area contributed by atoms with Crippen LogP contribution in [-0.2, 0) is 5.41 Å². The fourth-order valence-corrected chi connectivity index (χ4v) is 9.66. The van der Waals surface area contributed by atoms with E-state index in [2.05, 4.69) is 195 Å². The highest BCUT2D eigenvalue weighted by atomic mass is 16.3. The summed E-state index contributed by atoms with van der Waals surface area (Å²) in [4.78, 5) is 2.37. The molecule has 11 aromatic rings. The molecule has 0 radical (unpaired) electrons. The zero-order valence-electron chi connectivity index (χ0n) is 32.2. The maximum atomic E-state index is 7.12. The molecule has 0 saturated carbocycles. The Hall–Kier alpha value is -7.36. The Morgan fingerprint density at radius 1 is 0.379 bits per heavy atom. The van der Waals surface area contributed by atoms with Crippen LogP contribution in [0.1, 0.15) is 25.0 Å². The van der Waals surface area contributed by atoms with Gasteiger partial charge >= 0.3 is 0 Å². The van der Waals surface area contributed by atoms with Crippen LogP contribution < -0.4 is 4.90 Å². The van der Waals surface area contributed by atoms with Crippen LogP contribution in [0.4, 0.5) is 17.1 Å². The summed E-state index contributed by atoms with van der Waals surface area (Å²) < 4.78 is 13.5. The Morgan fingerprint density at radius 3 is 1.90 bits per heavy atom. The van der Waals surface area contributed by atoms with E-state index in [-0.39, 0.29) is 5.41 Å². The highest BCUT2D eigenvalue weighted by Crippen LogP contribution is 2.51. The molecule has 3 nitrogen and oxygen atoms in total. The molecule has 274 valence electrons. The first-order chi connectivity index (χ1) is 28.5. The molecule has 0 aliphatic heterocycles. The van der Waals surface area contributed by atoms with E-state index in [0.717, 1.165) is 72.1 Å². The van der Waals surface area contributed by atoms with Gasteiger partial charge in [0, 0.05) is 55.7 Å². The van der Waals surface area contributed by atoms with Crippen molar-refractivity contribution in [2.24, 2.45) is 0 Å². The van der Waals surface area contributed by atoms with Gasteiger partial charge < -0.3 is 13.7 Å². The van der Waals surface area contributed by atoms with Crippen molar-refractivity contribution in [3.63, 3.8) is 0 Å². The van der Waals surface area contributed by atoms with E-state index in [1.54, 1.807) is 0 Å². The van der Waals surface area contributed by atoms with Gasteiger partial charge in [0.15, 0.2) is 0 Å². The van der Waals surface area contributed by atoms with Crippen LogP contribution in [0.15, 0.2) is 197 Å². The van der Waals surface area contributed by atoms with E-state index in [4.69, 9.17) is 8.83 Å². The third kappa shape index (κ3) is 4.80. The third-order valence-electron chi connectivity index (χ3n) is 12.5. The van der Waals surface area contributed by atoms with E-state index in [0.29, 0.717) is 0 Å². The van der Waals surface area contributed by atoms with Crippen molar-refractivity contribution in [1.29, 1.82) is 0 Å². The lowest BCUT2D eigenvalue weighted by molar-refractivity contribution is 0.660. The Morgan fingerprint density at radius 2 is 1.02 bits per heavy atom. The van der Waals surface area contributed by atoms with Crippen molar-refractivity contribution in [3.05, 3.63) is 199 Å². The fourth-order valence-electron chi connectivity index (χ4n) is 9.66. The topological polar surface area (TPSA) is 29.5 Å². The average Bonchev–Trinajstić information content (AvgIpc) is 3.92. The number of fused-ring (bicyclic) bond motifs is 11.